The molecule has 9 rings (SSSR count). The van der Waals surface area contributed by atoms with Crippen LogP contribution in [0.1, 0.15) is 49.5 Å². The third-order valence-corrected chi connectivity index (χ3v) is 10.1. The normalized spacial score (nSPS) is 20.0. The summed E-state index contributed by atoms with van der Waals surface area (Å²) in [5, 5.41) is 9.18. The van der Waals surface area contributed by atoms with Gasteiger partial charge in [0.2, 0.25) is 0 Å². The molecule has 2 unspecified atom stereocenters. The largest absolute Gasteiger partial charge is 0.269 e. The molecule has 3 heteroatoms. The van der Waals surface area contributed by atoms with Crippen molar-refractivity contribution in [1.82, 2.24) is 9.99 Å². The maximum atomic E-state index is 3.97. The van der Waals surface area contributed by atoms with Gasteiger partial charge in [-0.25, -0.2) is 0 Å². The van der Waals surface area contributed by atoms with Gasteiger partial charge in [0, 0.05) is 16.2 Å². The minimum absolute atomic E-state index is 0.0411. The van der Waals surface area contributed by atoms with E-state index < -0.39 is 0 Å². The third-order valence-electron chi connectivity index (χ3n) is 10.1. The summed E-state index contributed by atoms with van der Waals surface area (Å²) in [6.45, 7) is 4.81. The Bertz CT molecular complexity index is 2130. The van der Waals surface area contributed by atoms with Crippen LogP contribution in [0, 0.1) is 0 Å². The smallest absolute Gasteiger partial charge is 0.125 e. The van der Waals surface area contributed by atoms with Crippen LogP contribution in [0.25, 0.3) is 44.1 Å². The van der Waals surface area contributed by atoms with Crippen LogP contribution in [0.5, 0.6) is 0 Å². The van der Waals surface area contributed by atoms with Crippen LogP contribution in [0.15, 0.2) is 139 Å². The number of aromatic nitrogens is 1. The van der Waals surface area contributed by atoms with Crippen molar-refractivity contribution in [2.24, 2.45) is 0 Å². The summed E-state index contributed by atoms with van der Waals surface area (Å²) in [6.07, 6.45) is 9.35. The van der Waals surface area contributed by atoms with Gasteiger partial charge >= 0.3 is 0 Å². The lowest BCUT2D eigenvalue weighted by atomic mass is 9.81. The molecule has 1 fully saturated rings. The molecule has 1 N–H and O–H groups in total. The molecule has 2 atom stereocenters. The van der Waals surface area contributed by atoms with E-state index in [0.717, 1.165) is 12.8 Å². The Morgan fingerprint density at radius 1 is 0.682 bits per heavy atom. The number of nitrogens with zero attached hydrogens (tertiary/aromatic N) is 2. The van der Waals surface area contributed by atoms with Gasteiger partial charge in [-0.1, -0.05) is 141 Å². The van der Waals surface area contributed by atoms with E-state index in [2.05, 4.69) is 162 Å². The number of fused-ring (bicyclic) bond motifs is 7. The fraction of sp³-hybridized carbons (Fsp3) is 0.171. The first-order valence-electron chi connectivity index (χ1n) is 15.8. The molecule has 0 bridgehead atoms. The highest BCUT2D eigenvalue weighted by molar-refractivity contribution is 6.13. The van der Waals surface area contributed by atoms with Crippen molar-refractivity contribution in [1.29, 1.82) is 0 Å². The molecule has 0 spiro atoms. The number of hydrogen-bond donors (Lipinski definition) is 1. The maximum Gasteiger partial charge on any atom is 0.125 e. The second-order valence-corrected chi connectivity index (χ2v) is 12.9. The predicted octanol–water partition coefficient (Wildman–Crippen LogP) is 9.61. The molecule has 0 radical (unpaired) electrons. The lowest BCUT2D eigenvalue weighted by Gasteiger charge is -2.53. The van der Waals surface area contributed by atoms with Gasteiger partial charge in [0.15, 0.2) is 0 Å². The van der Waals surface area contributed by atoms with E-state index in [4.69, 9.17) is 0 Å². The third kappa shape index (κ3) is 3.60. The zero-order valence-corrected chi connectivity index (χ0v) is 25.2. The lowest BCUT2D eigenvalue weighted by Crippen LogP contribution is -2.69. The number of nitrogens with one attached hydrogen (secondary N) is 1. The van der Waals surface area contributed by atoms with Crippen LogP contribution in [0.2, 0.25) is 0 Å². The first-order valence-corrected chi connectivity index (χ1v) is 15.8. The number of benzene rings is 5. The predicted molar refractivity (Wildman–Crippen MR) is 183 cm³/mol. The summed E-state index contributed by atoms with van der Waals surface area (Å²) in [4.78, 5) is 0. The van der Waals surface area contributed by atoms with Gasteiger partial charge in [-0.3, -0.25) is 15.0 Å². The molecule has 1 aliphatic heterocycles. The van der Waals surface area contributed by atoms with Crippen molar-refractivity contribution in [3.63, 3.8) is 0 Å². The Kier molecular flexibility index (Phi) is 5.57. The molecule has 0 saturated carbocycles. The summed E-state index contributed by atoms with van der Waals surface area (Å²) in [5.41, 5.74) is 13.0. The Hall–Kier alpha value is -4.86. The van der Waals surface area contributed by atoms with E-state index in [0.29, 0.717) is 0 Å². The minimum atomic E-state index is -0.139. The van der Waals surface area contributed by atoms with Crippen LogP contribution >= 0.6 is 0 Å². The first kappa shape index (κ1) is 25.6. The zero-order valence-electron chi connectivity index (χ0n) is 25.2. The van der Waals surface area contributed by atoms with Crippen molar-refractivity contribution in [3.05, 3.63) is 156 Å². The number of rotatable bonds is 4. The average molecular weight is 570 g/mol. The minimum Gasteiger partial charge on any atom is -0.269 e. The van der Waals surface area contributed by atoms with Crippen LogP contribution in [0.3, 0.4) is 0 Å². The molecule has 3 aliphatic rings. The highest BCUT2D eigenvalue weighted by Gasteiger charge is 2.44. The second-order valence-electron chi connectivity index (χ2n) is 12.9. The molecule has 0 amide bonds. The van der Waals surface area contributed by atoms with Crippen LogP contribution in [-0.4, -0.2) is 10.8 Å². The topological polar surface area (TPSA) is 20.2 Å². The van der Waals surface area contributed by atoms with Crippen molar-refractivity contribution >= 4 is 21.8 Å². The van der Waals surface area contributed by atoms with Crippen molar-refractivity contribution in [3.8, 4) is 22.3 Å². The quantitative estimate of drug-likeness (QED) is 0.228. The highest BCUT2D eigenvalue weighted by Crippen LogP contribution is 2.53. The molecule has 6 aromatic rings. The van der Waals surface area contributed by atoms with Crippen molar-refractivity contribution in [2.45, 2.75) is 44.4 Å². The van der Waals surface area contributed by atoms with Crippen LogP contribution in [-0.2, 0) is 5.41 Å². The lowest BCUT2D eigenvalue weighted by molar-refractivity contribution is 0.240. The van der Waals surface area contributed by atoms with E-state index in [1.807, 2.05) is 0 Å². The summed E-state index contributed by atoms with van der Waals surface area (Å²) < 4.78 is 2.59. The van der Waals surface area contributed by atoms with Crippen LogP contribution in [0.4, 0.5) is 0 Å². The molecular weight excluding hydrogens is 534 g/mol. The molecule has 44 heavy (non-hydrogen) atoms. The Morgan fingerprint density at radius 2 is 1.43 bits per heavy atom. The molecule has 1 saturated heterocycles. The summed E-state index contributed by atoms with van der Waals surface area (Å²) in [6, 6.07) is 42.5. The van der Waals surface area contributed by atoms with E-state index in [-0.39, 0.29) is 17.7 Å². The SMILES string of the molecule is CC1(C)c2ccccc2-c2ccc3c4ccc(-c5ccccc5)cc4n(N4C(C5=CCCC=C5)NC4c4ccccc4)c3c21. The van der Waals surface area contributed by atoms with Gasteiger partial charge in [-0.15, -0.1) is 0 Å². The molecule has 2 aliphatic carbocycles. The molecule has 5 aromatic carbocycles. The summed E-state index contributed by atoms with van der Waals surface area (Å²) in [5.74, 6) is 0. The van der Waals surface area contributed by atoms with Crippen molar-refractivity contribution in [2.75, 3.05) is 5.01 Å². The standard InChI is InChI=1S/C41H35N3/c1-41(2)35-21-13-12-20-31(35)33-24-25-34-32-23-22-30(27-14-6-3-7-15-27)26-36(32)43(38(34)37(33)41)44-39(28-16-8-4-9-17-28)42-40(44)29-18-10-5-11-19-29/h3-4,6-10,12-26,39-40,42H,5,11H2,1-2H3. The Morgan fingerprint density at radius 3 is 2.23 bits per heavy atom. The van der Waals surface area contributed by atoms with E-state index in [9.17, 15) is 0 Å². The number of allylic oxidation sites excluding steroid dienone is 2. The van der Waals surface area contributed by atoms with E-state index >= 15 is 0 Å². The molecular formula is C41H35N3. The van der Waals surface area contributed by atoms with Gasteiger partial charge in [-0.2, -0.15) is 0 Å². The van der Waals surface area contributed by atoms with E-state index in [1.54, 1.807) is 0 Å². The molecule has 214 valence electrons. The average Bonchev–Trinajstić information content (AvgIpc) is 3.50. The fourth-order valence-corrected chi connectivity index (χ4v) is 7.96. The van der Waals surface area contributed by atoms with Gasteiger partial charge in [0.1, 0.15) is 12.3 Å². The first-order chi connectivity index (χ1) is 21.6. The van der Waals surface area contributed by atoms with Gasteiger partial charge in [0.05, 0.1) is 11.0 Å². The number of hydrogen-bond acceptors (Lipinski definition) is 2. The Labute approximate surface area is 258 Å². The van der Waals surface area contributed by atoms with Gasteiger partial charge in [0.25, 0.3) is 0 Å². The molecule has 1 aromatic heterocycles. The van der Waals surface area contributed by atoms with E-state index in [1.165, 1.54) is 66.3 Å². The molecule has 2 heterocycles. The monoisotopic (exact) mass is 569 g/mol. The summed E-state index contributed by atoms with van der Waals surface area (Å²) in [7, 11) is 0. The van der Waals surface area contributed by atoms with Crippen molar-refractivity contribution < 1.29 is 0 Å². The van der Waals surface area contributed by atoms with Gasteiger partial charge in [-0.05, 0) is 63.4 Å². The fourth-order valence-electron chi connectivity index (χ4n) is 7.96. The highest BCUT2D eigenvalue weighted by atomic mass is 15.7. The van der Waals surface area contributed by atoms with Crippen LogP contribution < -0.4 is 10.3 Å². The second kappa shape index (κ2) is 9.57. The van der Waals surface area contributed by atoms with Gasteiger partial charge < -0.3 is 0 Å². The molecule has 3 nitrogen and oxygen atoms in total. The maximum absolute atomic E-state index is 3.97. The summed E-state index contributed by atoms with van der Waals surface area (Å²) >= 11 is 0. The zero-order chi connectivity index (χ0) is 29.4. The Balaban J connectivity index is 1.38.